The Labute approximate surface area is 142 Å². The van der Waals surface area contributed by atoms with Crippen LogP contribution in [-0.2, 0) is 23.5 Å². The molecule has 0 aliphatic heterocycles. The van der Waals surface area contributed by atoms with Gasteiger partial charge in [-0.15, -0.1) is 0 Å². The summed E-state index contributed by atoms with van der Waals surface area (Å²) in [7, 11) is 0. The summed E-state index contributed by atoms with van der Waals surface area (Å²) >= 11 is 7.27. The number of aryl methyl sites for hydroxylation is 2. The van der Waals surface area contributed by atoms with Crippen LogP contribution in [0.1, 0.15) is 74.6 Å². The lowest BCUT2D eigenvalue weighted by atomic mass is 9.93. The summed E-state index contributed by atoms with van der Waals surface area (Å²) in [6.07, 6.45) is 10.4. The Morgan fingerprint density at radius 3 is 1.35 bits per heavy atom. The molecule has 0 aromatic heterocycles. The molecular weight excluding hydrogens is 376 g/mol. The smallest absolute Gasteiger partial charge is 0.0286 e. The average molecular weight is 404 g/mol. The Hall–Kier alpha value is 0.180. The van der Waals surface area contributed by atoms with Crippen LogP contribution >= 0.6 is 31.9 Å². The van der Waals surface area contributed by atoms with E-state index in [0.717, 1.165) is 10.7 Å². The minimum absolute atomic E-state index is 0.962. The minimum atomic E-state index is 0.962. The van der Waals surface area contributed by atoms with Crippen LogP contribution < -0.4 is 0 Å². The van der Waals surface area contributed by atoms with Gasteiger partial charge in [0.25, 0.3) is 0 Å². The Morgan fingerprint density at radius 1 is 0.650 bits per heavy atom. The van der Waals surface area contributed by atoms with Crippen LogP contribution in [0.15, 0.2) is 12.1 Å². The van der Waals surface area contributed by atoms with Crippen molar-refractivity contribution in [2.45, 2.75) is 75.9 Å². The fraction of sp³-hybridized carbons (Fsp3) is 0.667. The third-order valence-electron chi connectivity index (χ3n) is 3.91. The Kier molecular flexibility index (Phi) is 9.88. The van der Waals surface area contributed by atoms with Gasteiger partial charge in [0.15, 0.2) is 0 Å². The lowest BCUT2D eigenvalue weighted by Gasteiger charge is -2.15. The first-order valence-corrected chi connectivity index (χ1v) is 10.3. The fourth-order valence-electron chi connectivity index (χ4n) is 2.64. The zero-order valence-electron chi connectivity index (χ0n) is 13.0. The van der Waals surface area contributed by atoms with Crippen molar-refractivity contribution in [2.24, 2.45) is 0 Å². The normalized spacial score (nSPS) is 11.0. The van der Waals surface area contributed by atoms with Gasteiger partial charge in [0.2, 0.25) is 0 Å². The molecule has 2 heteroatoms. The maximum atomic E-state index is 3.63. The second kappa shape index (κ2) is 10.8. The second-order valence-corrected chi connectivity index (χ2v) is 6.69. The Bertz CT molecular complexity index is 348. The molecule has 0 saturated carbocycles. The molecule has 0 heterocycles. The molecule has 0 radical (unpaired) electrons. The average Bonchev–Trinajstić information content (AvgIpc) is 2.48. The molecule has 0 N–H and O–H groups in total. The molecule has 20 heavy (non-hydrogen) atoms. The predicted molar refractivity (Wildman–Crippen MR) is 98.2 cm³/mol. The molecular formula is C18H28Br2. The van der Waals surface area contributed by atoms with E-state index in [1.54, 1.807) is 11.1 Å². The number of unbranched alkanes of at least 4 members (excludes halogenated alkanes) is 4. The number of alkyl halides is 2. The monoisotopic (exact) mass is 402 g/mol. The zero-order valence-corrected chi connectivity index (χ0v) is 16.2. The summed E-state index contributed by atoms with van der Waals surface area (Å²) in [4.78, 5) is 0. The molecule has 0 fully saturated rings. The van der Waals surface area contributed by atoms with E-state index >= 15 is 0 Å². The van der Waals surface area contributed by atoms with Crippen molar-refractivity contribution in [2.75, 3.05) is 0 Å². The van der Waals surface area contributed by atoms with Gasteiger partial charge in [-0.1, -0.05) is 83.5 Å². The van der Waals surface area contributed by atoms with Gasteiger partial charge in [-0.3, -0.25) is 0 Å². The number of halogens is 2. The molecule has 0 nitrogen and oxygen atoms in total. The first-order chi connectivity index (χ1) is 9.76. The summed E-state index contributed by atoms with van der Waals surface area (Å²) in [6, 6.07) is 4.89. The maximum Gasteiger partial charge on any atom is 0.0286 e. The first-order valence-electron chi connectivity index (χ1n) is 8.02. The van der Waals surface area contributed by atoms with Gasteiger partial charge in [-0.2, -0.15) is 0 Å². The lowest BCUT2D eigenvalue weighted by Crippen LogP contribution is -2.00. The maximum absolute atomic E-state index is 3.63. The fourth-order valence-corrected chi connectivity index (χ4v) is 3.68. The van der Waals surface area contributed by atoms with Gasteiger partial charge >= 0.3 is 0 Å². The van der Waals surface area contributed by atoms with Crippen molar-refractivity contribution in [1.29, 1.82) is 0 Å². The predicted octanol–water partition coefficient (Wildman–Crippen LogP) is 6.94. The van der Waals surface area contributed by atoms with Gasteiger partial charge in [0.1, 0.15) is 0 Å². The zero-order chi connectivity index (χ0) is 14.8. The largest absolute Gasteiger partial charge is 0.0876 e. The second-order valence-electron chi connectivity index (χ2n) is 5.57. The van der Waals surface area contributed by atoms with Crippen LogP contribution in [0.4, 0.5) is 0 Å². The Morgan fingerprint density at radius 2 is 1.05 bits per heavy atom. The highest BCUT2D eigenvalue weighted by Gasteiger charge is 2.09. The molecule has 0 amide bonds. The molecule has 1 aromatic rings. The van der Waals surface area contributed by atoms with Gasteiger partial charge in [-0.25, -0.2) is 0 Å². The molecule has 1 rings (SSSR count). The number of rotatable bonds is 10. The van der Waals surface area contributed by atoms with Gasteiger partial charge in [0.05, 0.1) is 0 Å². The van der Waals surface area contributed by atoms with Gasteiger partial charge in [-0.05, 0) is 47.9 Å². The molecule has 1 aromatic carbocycles. The SMILES string of the molecule is CCCCCc1cc(CBr)c(CBr)cc1CCCCC. The van der Waals surface area contributed by atoms with E-state index in [-0.39, 0.29) is 0 Å². The molecule has 0 saturated heterocycles. The molecule has 0 aliphatic carbocycles. The summed E-state index contributed by atoms with van der Waals surface area (Å²) in [5, 5.41) is 1.92. The van der Waals surface area contributed by atoms with Crippen molar-refractivity contribution in [3.05, 3.63) is 34.4 Å². The number of benzene rings is 1. The van der Waals surface area contributed by atoms with E-state index < -0.39 is 0 Å². The molecule has 0 bridgehead atoms. The van der Waals surface area contributed by atoms with Crippen LogP contribution in [0.2, 0.25) is 0 Å². The summed E-state index contributed by atoms with van der Waals surface area (Å²) in [6.45, 7) is 4.56. The van der Waals surface area contributed by atoms with Crippen LogP contribution in [-0.4, -0.2) is 0 Å². The van der Waals surface area contributed by atoms with E-state index in [4.69, 9.17) is 0 Å². The van der Waals surface area contributed by atoms with Crippen LogP contribution in [0, 0.1) is 0 Å². The standard InChI is InChI=1S/C18H28Br2/c1-3-5-7-9-15-11-17(13-19)18(14-20)12-16(15)10-8-6-4-2/h11-12H,3-10,13-14H2,1-2H3. The van der Waals surface area contributed by atoms with E-state index in [1.807, 2.05) is 0 Å². The summed E-state index contributed by atoms with van der Waals surface area (Å²) in [5.41, 5.74) is 6.09. The minimum Gasteiger partial charge on any atom is -0.0876 e. The highest BCUT2D eigenvalue weighted by molar-refractivity contribution is 9.09. The third-order valence-corrected chi connectivity index (χ3v) is 5.12. The summed E-state index contributed by atoms with van der Waals surface area (Å²) < 4.78 is 0. The number of hydrogen-bond acceptors (Lipinski definition) is 0. The van der Waals surface area contributed by atoms with Crippen molar-refractivity contribution in [3.63, 3.8) is 0 Å². The van der Waals surface area contributed by atoms with Crippen molar-refractivity contribution in [3.8, 4) is 0 Å². The van der Waals surface area contributed by atoms with E-state index in [1.165, 1.54) is 62.5 Å². The third kappa shape index (κ3) is 5.89. The van der Waals surface area contributed by atoms with Crippen LogP contribution in [0.5, 0.6) is 0 Å². The van der Waals surface area contributed by atoms with Crippen molar-refractivity contribution in [1.82, 2.24) is 0 Å². The highest BCUT2D eigenvalue weighted by atomic mass is 79.9. The van der Waals surface area contributed by atoms with Crippen LogP contribution in [0.3, 0.4) is 0 Å². The highest BCUT2D eigenvalue weighted by Crippen LogP contribution is 2.25. The van der Waals surface area contributed by atoms with Crippen molar-refractivity contribution < 1.29 is 0 Å². The van der Waals surface area contributed by atoms with Gasteiger partial charge in [0, 0.05) is 10.7 Å². The first kappa shape index (κ1) is 18.2. The van der Waals surface area contributed by atoms with Crippen molar-refractivity contribution >= 4 is 31.9 Å². The molecule has 0 unspecified atom stereocenters. The van der Waals surface area contributed by atoms with E-state index in [0.29, 0.717) is 0 Å². The molecule has 0 spiro atoms. The van der Waals surface area contributed by atoms with Crippen LogP contribution in [0.25, 0.3) is 0 Å². The Balaban J connectivity index is 2.89. The quantitative estimate of drug-likeness (QED) is 0.293. The molecule has 114 valence electrons. The summed E-state index contributed by atoms with van der Waals surface area (Å²) in [5.74, 6) is 0. The topological polar surface area (TPSA) is 0 Å². The van der Waals surface area contributed by atoms with Gasteiger partial charge < -0.3 is 0 Å². The van der Waals surface area contributed by atoms with E-state index in [2.05, 4.69) is 57.8 Å². The number of hydrogen-bond donors (Lipinski definition) is 0. The molecule has 0 atom stereocenters. The molecule has 0 aliphatic rings. The lowest BCUT2D eigenvalue weighted by molar-refractivity contribution is 0.692. The van der Waals surface area contributed by atoms with E-state index in [9.17, 15) is 0 Å².